The molecule has 0 radical (unpaired) electrons. The van der Waals surface area contributed by atoms with Gasteiger partial charge in [-0.15, -0.1) is 0 Å². The minimum atomic E-state index is -3.19. The first-order chi connectivity index (χ1) is 9.28. The number of rotatable bonds is 0. The van der Waals surface area contributed by atoms with Crippen LogP contribution in [0.15, 0.2) is 0 Å². The third-order valence-corrected chi connectivity index (χ3v) is 1.56. The summed E-state index contributed by atoms with van der Waals surface area (Å²) in [5.74, 6) is -3.81. The Hall–Kier alpha value is -0.530. The minimum Gasteiger partial charge on any atom is -0.342 e. The summed E-state index contributed by atoms with van der Waals surface area (Å²) < 4.78 is 71.4. The Morgan fingerprint density at radius 2 is 1.92 bits per heavy atom. The summed E-state index contributed by atoms with van der Waals surface area (Å²) in [6.45, 7) is -1.36. The van der Waals surface area contributed by atoms with Crippen molar-refractivity contribution >= 4 is 5.91 Å². The first kappa shape index (κ1) is 3.56. The van der Waals surface area contributed by atoms with Crippen LogP contribution in [0.2, 0.25) is 0 Å². The van der Waals surface area contributed by atoms with Gasteiger partial charge >= 0.3 is 0 Å². The molecular formula is C11H21NO. The Morgan fingerprint density at radius 1 is 1.46 bits per heavy atom. The van der Waals surface area contributed by atoms with Gasteiger partial charge in [-0.3, -0.25) is 4.79 Å². The normalized spacial score (nSPS) is 48.6. The Labute approximate surface area is 93.9 Å². The van der Waals surface area contributed by atoms with Crippen molar-refractivity contribution in [2.24, 2.45) is 11.3 Å². The summed E-state index contributed by atoms with van der Waals surface area (Å²) in [4.78, 5) is 12.5. The quantitative estimate of drug-likeness (QED) is 0.576. The number of hydrogen-bond acceptors (Lipinski definition) is 1. The van der Waals surface area contributed by atoms with Gasteiger partial charge in [0.2, 0.25) is 5.91 Å². The van der Waals surface area contributed by atoms with Crippen LogP contribution in [0.5, 0.6) is 0 Å². The van der Waals surface area contributed by atoms with Crippen LogP contribution in [0, 0.1) is 11.3 Å². The number of carbonyl (C=O) groups is 1. The predicted octanol–water partition coefficient (Wildman–Crippen LogP) is 2.29. The lowest BCUT2D eigenvalue weighted by molar-refractivity contribution is -0.140. The molecule has 1 saturated heterocycles. The number of amides is 1. The van der Waals surface area contributed by atoms with Gasteiger partial charge in [-0.25, -0.2) is 0 Å². The highest BCUT2D eigenvalue weighted by Gasteiger charge is 2.29. The fraction of sp³-hybridized carbons (Fsp3) is 0.909. The summed E-state index contributed by atoms with van der Waals surface area (Å²) in [6.07, 6.45) is -6.26. The van der Waals surface area contributed by atoms with Crippen molar-refractivity contribution in [2.45, 2.75) is 40.4 Å². The van der Waals surface area contributed by atoms with Crippen molar-refractivity contribution < 1.29 is 17.1 Å². The first-order valence-corrected chi connectivity index (χ1v) is 4.12. The second-order valence-electron chi connectivity index (χ2n) is 3.99. The van der Waals surface area contributed by atoms with E-state index in [1.807, 2.05) is 0 Å². The molecule has 1 amide bonds. The molecule has 0 aromatic heterocycles. The Morgan fingerprint density at radius 3 is 2.31 bits per heavy atom. The molecule has 0 bridgehead atoms. The average Bonchev–Trinajstić information content (AvgIpc) is 2.24. The molecular weight excluding hydrogens is 162 g/mol. The average molecular weight is 192 g/mol. The number of piperidine rings is 1. The molecule has 0 atom stereocenters. The maximum Gasteiger partial charge on any atom is 0.227 e. The Bertz CT molecular complexity index is 462. The van der Waals surface area contributed by atoms with Gasteiger partial charge in [-0.05, 0) is 18.6 Å². The van der Waals surface area contributed by atoms with Crippen LogP contribution in [0.4, 0.5) is 0 Å². The van der Waals surface area contributed by atoms with Crippen molar-refractivity contribution in [3.63, 3.8) is 0 Å². The zero-order valence-corrected chi connectivity index (χ0v) is 8.36. The van der Waals surface area contributed by atoms with Gasteiger partial charge in [-0.2, -0.15) is 0 Å². The van der Waals surface area contributed by atoms with Crippen molar-refractivity contribution in [3.05, 3.63) is 0 Å². The van der Waals surface area contributed by atoms with E-state index in [9.17, 15) is 4.79 Å². The van der Waals surface area contributed by atoms with Crippen molar-refractivity contribution in [3.8, 4) is 0 Å². The van der Waals surface area contributed by atoms with Crippen LogP contribution >= 0.6 is 0 Å². The second kappa shape index (κ2) is 3.69. The van der Waals surface area contributed by atoms with E-state index in [1.54, 1.807) is 0 Å². The summed E-state index contributed by atoms with van der Waals surface area (Å²) >= 11 is 0. The maximum absolute atomic E-state index is 12.5. The molecule has 0 aliphatic carbocycles. The molecule has 0 aromatic rings. The molecule has 2 heteroatoms. The number of carbonyl (C=O) groups excluding carboxylic acids is 1. The highest BCUT2D eigenvalue weighted by molar-refractivity contribution is 5.81. The molecule has 76 valence electrons. The largest absolute Gasteiger partial charge is 0.342 e. The summed E-state index contributed by atoms with van der Waals surface area (Å²) in [5.41, 5.74) is -1.25. The van der Waals surface area contributed by atoms with Gasteiger partial charge in [0.25, 0.3) is 0 Å². The standard InChI is InChI=1S/C11H21NO/c1-9-5-7-12(8-6-9)10(13)11(2,3)4/h9H,5-8H2,1-4H3/i5D2,6D2,7D2,8D2,9D. The van der Waals surface area contributed by atoms with E-state index in [0.29, 0.717) is 0 Å². The molecule has 1 rings (SSSR count). The van der Waals surface area contributed by atoms with Crippen molar-refractivity contribution in [1.82, 2.24) is 4.90 Å². The third-order valence-electron chi connectivity index (χ3n) is 1.56. The summed E-state index contributed by atoms with van der Waals surface area (Å²) in [7, 11) is 0. The van der Waals surface area contributed by atoms with Crippen molar-refractivity contribution in [1.29, 1.82) is 0 Å². The lowest BCUT2D eigenvalue weighted by Gasteiger charge is -2.34. The van der Waals surface area contributed by atoms with Gasteiger partial charge in [0.05, 0.1) is 0 Å². The Balaban J connectivity index is 3.74. The molecule has 1 aliphatic rings. The van der Waals surface area contributed by atoms with Crippen LogP contribution in [0.3, 0.4) is 0 Å². The molecule has 0 aromatic carbocycles. The smallest absolute Gasteiger partial charge is 0.227 e. The number of hydrogen-bond donors (Lipinski definition) is 0. The molecule has 1 fully saturated rings. The molecule has 0 saturated carbocycles. The number of likely N-dealkylation sites (tertiary alicyclic amines) is 1. The summed E-state index contributed by atoms with van der Waals surface area (Å²) in [6, 6.07) is 0. The van der Waals surface area contributed by atoms with Gasteiger partial charge in [-0.1, -0.05) is 27.7 Å². The zero-order valence-electron chi connectivity index (χ0n) is 17.4. The SMILES string of the molecule is [2H]C1([2H])N(C(=O)C(C)(C)C)C([2H])([2H])C([2H])([2H])C([2H])(C)C1([2H])[2H]. The highest BCUT2D eigenvalue weighted by Crippen LogP contribution is 2.22. The van der Waals surface area contributed by atoms with Gasteiger partial charge in [0, 0.05) is 30.7 Å². The molecule has 1 aliphatic heterocycles. The predicted molar refractivity (Wildman–Crippen MR) is 54.4 cm³/mol. The number of nitrogens with zero attached hydrogens (tertiary/aromatic N) is 1. The van der Waals surface area contributed by atoms with E-state index in [4.69, 9.17) is 12.3 Å². The van der Waals surface area contributed by atoms with Crippen LogP contribution in [-0.2, 0) is 4.79 Å². The Kier molecular flexibility index (Phi) is 1.01. The first-order valence-electron chi connectivity index (χ1n) is 8.62. The van der Waals surface area contributed by atoms with E-state index in [1.165, 1.54) is 20.8 Å². The van der Waals surface area contributed by atoms with E-state index in [-0.39, 0.29) is 4.90 Å². The highest BCUT2D eigenvalue weighted by atomic mass is 16.2. The fourth-order valence-electron chi connectivity index (χ4n) is 0.776. The van der Waals surface area contributed by atoms with Gasteiger partial charge in [0.1, 0.15) is 0 Å². The van der Waals surface area contributed by atoms with Crippen LogP contribution < -0.4 is 0 Å². The van der Waals surface area contributed by atoms with Crippen LogP contribution in [0.1, 0.15) is 52.8 Å². The molecule has 0 spiro atoms. The minimum absolute atomic E-state index is 0.00368. The maximum atomic E-state index is 12.5. The third kappa shape index (κ3) is 2.71. The van der Waals surface area contributed by atoms with E-state index < -0.39 is 43.0 Å². The molecule has 0 N–H and O–H groups in total. The van der Waals surface area contributed by atoms with E-state index in [2.05, 4.69) is 0 Å². The van der Waals surface area contributed by atoms with Crippen LogP contribution in [0.25, 0.3) is 0 Å². The fourth-order valence-corrected chi connectivity index (χ4v) is 0.776. The molecule has 13 heavy (non-hydrogen) atoms. The van der Waals surface area contributed by atoms with Crippen LogP contribution in [-0.4, -0.2) is 23.8 Å². The molecule has 2 nitrogen and oxygen atoms in total. The lowest BCUT2D eigenvalue weighted by Crippen LogP contribution is -2.43. The van der Waals surface area contributed by atoms with Gasteiger partial charge < -0.3 is 4.90 Å². The van der Waals surface area contributed by atoms with Crippen molar-refractivity contribution in [2.75, 3.05) is 13.0 Å². The lowest BCUT2D eigenvalue weighted by atomic mass is 9.92. The monoisotopic (exact) mass is 192 g/mol. The van der Waals surface area contributed by atoms with E-state index in [0.717, 1.165) is 6.92 Å². The van der Waals surface area contributed by atoms with Gasteiger partial charge in [0.15, 0.2) is 0 Å². The zero-order chi connectivity index (χ0) is 18.2. The molecule has 0 unspecified atom stereocenters. The van der Waals surface area contributed by atoms with E-state index >= 15 is 0 Å². The second-order valence-corrected chi connectivity index (χ2v) is 3.99. The molecule has 1 heterocycles. The summed E-state index contributed by atoms with van der Waals surface area (Å²) in [5, 5.41) is 0. The topological polar surface area (TPSA) is 20.3 Å².